The molecule has 2 rings (SSSR count). The van der Waals surface area contributed by atoms with Crippen LogP contribution in [0.1, 0.15) is 5.56 Å². The van der Waals surface area contributed by atoms with Crippen molar-refractivity contribution >= 4 is 33.4 Å². The number of rotatable bonds is 4. The van der Waals surface area contributed by atoms with E-state index in [1.165, 1.54) is 23.5 Å². The Morgan fingerprint density at radius 1 is 1.40 bits per heavy atom. The van der Waals surface area contributed by atoms with Crippen LogP contribution < -0.4 is 4.74 Å². The lowest BCUT2D eigenvalue weighted by atomic mass is 10.2. The summed E-state index contributed by atoms with van der Waals surface area (Å²) in [5.41, 5.74) is 0.366. The van der Waals surface area contributed by atoms with Crippen LogP contribution in [-0.4, -0.2) is 49.5 Å². The van der Waals surface area contributed by atoms with Crippen LogP contribution in [0, 0.1) is 0 Å². The van der Waals surface area contributed by atoms with Gasteiger partial charge in [0, 0.05) is 35.2 Å². The lowest BCUT2D eigenvalue weighted by Gasteiger charge is -2.26. The first kappa shape index (κ1) is 15.9. The zero-order valence-corrected chi connectivity index (χ0v) is 13.4. The number of aliphatic hydroxyl groups is 1. The molecule has 1 aliphatic heterocycles. The minimum Gasteiger partial charge on any atom is -0.495 e. The fourth-order valence-electron chi connectivity index (χ4n) is 2.09. The summed E-state index contributed by atoms with van der Waals surface area (Å²) in [5, 5.41) is 9.59. The van der Waals surface area contributed by atoms with Crippen LogP contribution >= 0.6 is 23.4 Å². The molecule has 0 spiro atoms. The summed E-state index contributed by atoms with van der Waals surface area (Å²) in [6.45, 7) is 0.607. The van der Waals surface area contributed by atoms with Gasteiger partial charge in [-0.1, -0.05) is 11.6 Å². The topological polar surface area (TPSA) is 66.8 Å². The van der Waals surface area contributed by atoms with Crippen LogP contribution in [0.3, 0.4) is 0 Å². The van der Waals surface area contributed by atoms with Crippen LogP contribution in [0.25, 0.3) is 0 Å². The molecule has 1 fully saturated rings. The highest BCUT2D eigenvalue weighted by atomic mass is 35.5. The van der Waals surface area contributed by atoms with Crippen molar-refractivity contribution in [2.45, 2.75) is 11.5 Å². The van der Waals surface area contributed by atoms with Crippen LogP contribution in [-0.2, 0) is 16.6 Å². The molecule has 0 radical (unpaired) electrons. The monoisotopic (exact) mass is 337 g/mol. The number of sulfonamides is 1. The highest BCUT2D eigenvalue weighted by Crippen LogP contribution is 2.34. The van der Waals surface area contributed by atoms with Gasteiger partial charge in [-0.2, -0.15) is 16.1 Å². The fraction of sp³-hybridized carbons (Fsp3) is 0.500. The molecule has 1 heterocycles. The minimum absolute atomic E-state index is 0.0171. The molecular weight excluding hydrogens is 322 g/mol. The molecule has 8 heteroatoms. The van der Waals surface area contributed by atoms with Crippen LogP contribution in [0.4, 0.5) is 0 Å². The van der Waals surface area contributed by atoms with Crippen LogP contribution in [0.2, 0.25) is 5.02 Å². The maximum absolute atomic E-state index is 12.7. The molecule has 0 saturated carbocycles. The van der Waals surface area contributed by atoms with Crippen LogP contribution in [0.15, 0.2) is 17.0 Å². The summed E-state index contributed by atoms with van der Waals surface area (Å²) < 4.78 is 32.0. The molecule has 0 bridgehead atoms. The number of halogens is 1. The first-order valence-electron chi connectivity index (χ1n) is 6.06. The largest absolute Gasteiger partial charge is 0.495 e. The molecule has 1 saturated heterocycles. The molecular formula is C12H16ClNO4S2. The van der Waals surface area contributed by atoms with E-state index in [-0.39, 0.29) is 22.3 Å². The lowest BCUT2D eigenvalue weighted by molar-refractivity contribution is 0.272. The van der Waals surface area contributed by atoms with Gasteiger partial charge in [-0.05, 0) is 12.1 Å². The van der Waals surface area contributed by atoms with Gasteiger partial charge in [-0.25, -0.2) is 8.42 Å². The molecule has 1 aromatic carbocycles. The Morgan fingerprint density at radius 2 is 2.05 bits per heavy atom. The van der Waals surface area contributed by atoms with Gasteiger partial charge in [0.25, 0.3) is 0 Å². The Hall–Kier alpha value is -0.470. The lowest BCUT2D eigenvalue weighted by Crippen LogP contribution is -2.38. The normalized spacial score (nSPS) is 17.1. The number of nitrogens with zero attached hydrogens (tertiary/aromatic N) is 1. The Bertz CT molecular complexity index is 585. The molecule has 0 unspecified atom stereocenters. The Balaban J connectivity index is 2.52. The second-order valence-corrected chi connectivity index (χ2v) is 7.84. The number of thioether (sulfide) groups is 1. The quantitative estimate of drug-likeness (QED) is 0.903. The molecule has 0 aliphatic carbocycles. The average molecular weight is 338 g/mol. The summed E-state index contributed by atoms with van der Waals surface area (Å²) in [6.07, 6.45) is 0. The SMILES string of the molecule is COc1c(CO)cc(Cl)cc1S(=O)(=O)N1CCSCC1. The van der Waals surface area contributed by atoms with E-state index in [0.29, 0.717) is 18.7 Å². The predicted octanol–water partition coefficient (Wildman–Crippen LogP) is 1.58. The molecule has 112 valence electrons. The highest BCUT2D eigenvalue weighted by Gasteiger charge is 2.30. The second-order valence-electron chi connectivity index (χ2n) is 4.27. The van der Waals surface area contributed by atoms with Crippen molar-refractivity contribution in [3.05, 3.63) is 22.7 Å². The van der Waals surface area contributed by atoms with Crippen molar-refractivity contribution in [1.82, 2.24) is 4.31 Å². The number of benzene rings is 1. The number of hydrogen-bond acceptors (Lipinski definition) is 5. The van der Waals surface area contributed by atoms with E-state index in [9.17, 15) is 13.5 Å². The third-order valence-electron chi connectivity index (χ3n) is 3.06. The van der Waals surface area contributed by atoms with Gasteiger partial charge in [0.1, 0.15) is 10.6 Å². The van der Waals surface area contributed by atoms with E-state index >= 15 is 0 Å². The molecule has 1 aromatic rings. The van der Waals surface area contributed by atoms with Crippen LogP contribution in [0.5, 0.6) is 5.75 Å². The zero-order chi connectivity index (χ0) is 14.8. The highest BCUT2D eigenvalue weighted by molar-refractivity contribution is 7.99. The smallest absolute Gasteiger partial charge is 0.246 e. The number of ether oxygens (including phenoxy) is 1. The van der Waals surface area contributed by atoms with E-state index in [2.05, 4.69) is 0 Å². The second kappa shape index (κ2) is 6.53. The van der Waals surface area contributed by atoms with Gasteiger partial charge in [0.15, 0.2) is 0 Å². The maximum atomic E-state index is 12.7. The van der Waals surface area contributed by atoms with Crippen molar-refractivity contribution < 1.29 is 18.3 Å². The van der Waals surface area contributed by atoms with E-state index in [1.807, 2.05) is 0 Å². The summed E-state index contributed by atoms with van der Waals surface area (Å²) in [6, 6.07) is 2.88. The standard InChI is InChI=1S/C12H16ClNO4S2/c1-18-12-9(8-15)6-10(13)7-11(12)20(16,17)14-2-4-19-5-3-14/h6-7,15H,2-5,8H2,1H3. The van der Waals surface area contributed by atoms with E-state index in [4.69, 9.17) is 16.3 Å². The molecule has 0 amide bonds. The Morgan fingerprint density at radius 3 is 2.60 bits per heavy atom. The summed E-state index contributed by atoms with van der Waals surface area (Å²) >= 11 is 7.68. The van der Waals surface area contributed by atoms with E-state index in [0.717, 1.165) is 11.5 Å². The van der Waals surface area contributed by atoms with Gasteiger partial charge in [0.05, 0.1) is 13.7 Å². The fourth-order valence-corrected chi connectivity index (χ4v) is 5.20. The predicted molar refractivity (Wildman–Crippen MR) is 80.0 cm³/mol. The first-order chi connectivity index (χ1) is 9.50. The molecule has 20 heavy (non-hydrogen) atoms. The Kier molecular flexibility index (Phi) is 5.19. The molecule has 0 atom stereocenters. The van der Waals surface area contributed by atoms with Gasteiger partial charge < -0.3 is 9.84 Å². The minimum atomic E-state index is -3.66. The van der Waals surface area contributed by atoms with Crippen molar-refractivity contribution in [1.29, 1.82) is 0 Å². The molecule has 1 aliphatic rings. The molecule has 1 N–H and O–H groups in total. The number of methoxy groups -OCH3 is 1. The third kappa shape index (κ3) is 3.07. The molecule has 5 nitrogen and oxygen atoms in total. The zero-order valence-electron chi connectivity index (χ0n) is 11.0. The summed E-state index contributed by atoms with van der Waals surface area (Å²) in [5.74, 6) is 1.71. The third-order valence-corrected chi connectivity index (χ3v) is 6.12. The van der Waals surface area contributed by atoms with Crippen molar-refractivity contribution in [3.63, 3.8) is 0 Å². The Labute approximate surface area is 127 Å². The van der Waals surface area contributed by atoms with Crippen molar-refractivity contribution in [3.8, 4) is 5.75 Å². The first-order valence-corrected chi connectivity index (χ1v) is 9.03. The van der Waals surface area contributed by atoms with Gasteiger partial charge >= 0.3 is 0 Å². The van der Waals surface area contributed by atoms with Gasteiger partial charge in [-0.3, -0.25) is 0 Å². The average Bonchev–Trinajstić information content (AvgIpc) is 2.47. The number of aliphatic hydroxyl groups excluding tert-OH is 1. The van der Waals surface area contributed by atoms with E-state index in [1.54, 1.807) is 11.8 Å². The number of hydrogen-bond donors (Lipinski definition) is 1. The van der Waals surface area contributed by atoms with Crippen molar-refractivity contribution in [2.24, 2.45) is 0 Å². The van der Waals surface area contributed by atoms with Gasteiger partial charge in [0.2, 0.25) is 10.0 Å². The maximum Gasteiger partial charge on any atom is 0.246 e. The van der Waals surface area contributed by atoms with Gasteiger partial charge in [-0.15, -0.1) is 0 Å². The van der Waals surface area contributed by atoms with Crippen molar-refractivity contribution in [2.75, 3.05) is 31.7 Å². The summed E-state index contributed by atoms with van der Waals surface area (Å²) in [7, 11) is -2.28. The summed E-state index contributed by atoms with van der Waals surface area (Å²) in [4.78, 5) is 0.0171. The molecule has 0 aromatic heterocycles. The van der Waals surface area contributed by atoms with E-state index < -0.39 is 10.0 Å².